The summed E-state index contributed by atoms with van der Waals surface area (Å²) in [4.78, 5) is 13.3. The van der Waals surface area contributed by atoms with Gasteiger partial charge in [-0.1, -0.05) is 256 Å². The predicted molar refractivity (Wildman–Crippen MR) is 351 cm³/mol. The topological polar surface area (TPSA) is 307 Å². The Labute approximate surface area is 542 Å². The molecule has 1 amide bonds. The molecule has 12 N–H and O–H groups in total. The van der Waals surface area contributed by atoms with E-state index in [2.05, 4.69) is 55.6 Å². The number of allylic oxidation sites excluding steroid dienone is 6. The molecule has 17 unspecified atom stereocenters. The monoisotopic (exact) mass is 1290 g/mol. The van der Waals surface area contributed by atoms with Crippen molar-refractivity contribution in [1.29, 1.82) is 0 Å². The fraction of sp³-hybridized carbons (Fsp3) is 0.901. The largest absolute Gasteiger partial charge is 0.394 e. The van der Waals surface area contributed by atoms with Crippen molar-refractivity contribution in [3.05, 3.63) is 36.5 Å². The smallest absolute Gasteiger partial charge is 0.220 e. The van der Waals surface area contributed by atoms with E-state index < -0.39 is 124 Å². The Bertz CT molecular complexity index is 1780. The van der Waals surface area contributed by atoms with Gasteiger partial charge in [-0.25, -0.2) is 0 Å². The minimum Gasteiger partial charge on any atom is -0.394 e. The van der Waals surface area contributed by atoms with Gasteiger partial charge >= 0.3 is 0 Å². The highest BCUT2D eigenvalue weighted by Crippen LogP contribution is 2.33. The normalized spacial score (nSPS) is 28.2. The lowest BCUT2D eigenvalue weighted by Gasteiger charge is -2.48. The van der Waals surface area contributed by atoms with Crippen molar-refractivity contribution < 1.29 is 89.4 Å². The molecule has 3 aliphatic heterocycles. The van der Waals surface area contributed by atoms with Gasteiger partial charge in [-0.2, -0.15) is 0 Å². The Morgan fingerprint density at radius 2 is 0.733 bits per heavy atom. The van der Waals surface area contributed by atoms with Crippen LogP contribution in [0.15, 0.2) is 36.5 Å². The second-order valence-electron chi connectivity index (χ2n) is 26.1. The molecular weight excluding hydrogens is 1150 g/mol. The molecule has 3 heterocycles. The summed E-state index contributed by atoms with van der Waals surface area (Å²) < 4.78 is 34.2. The van der Waals surface area contributed by atoms with Crippen LogP contribution in [0.5, 0.6) is 0 Å². The average molecular weight is 1290 g/mol. The molecule has 0 saturated carbocycles. The summed E-state index contributed by atoms with van der Waals surface area (Å²) in [5.74, 6) is -0.245. The first-order valence-corrected chi connectivity index (χ1v) is 36.2. The highest BCUT2D eigenvalue weighted by Gasteiger charge is 2.53. The third-order valence-corrected chi connectivity index (χ3v) is 18.2. The van der Waals surface area contributed by atoms with Crippen molar-refractivity contribution >= 4 is 5.91 Å². The highest BCUT2D eigenvalue weighted by molar-refractivity contribution is 5.76. The maximum Gasteiger partial charge on any atom is 0.220 e. The van der Waals surface area contributed by atoms with E-state index in [1.165, 1.54) is 173 Å². The molecule has 528 valence electrons. The van der Waals surface area contributed by atoms with E-state index in [0.29, 0.717) is 12.8 Å². The summed E-state index contributed by atoms with van der Waals surface area (Å²) in [5.41, 5.74) is 0. The third-order valence-electron chi connectivity index (χ3n) is 18.2. The number of aliphatic hydroxyl groups is 11. The molecule has 3 aliphatic rings. The molecule has 0 aliphatic carbocycles. The lowest BCUT2D eigenvalue weighted by molar-refractivity contribution is -0.379. The van der Waals surface area contributed by atoms with Gasteiger partial charge in [-0.3, -0.25) is 4.79 Å². The van der Waals surface area contributed by atoms with Crippen molar-refractivity contribution in [3.8, 4) is 0 Å². The van der Waals surface area contributed by atoms with Crippen LogP contribution in [0.1, 0.15) is 277 Å². The maximum atomic E-state index is 13.3. The van der Waals surface area contributed by atoms with Crippen LogP contribution in [-0.2, 0) is 33.2 Å². The van der Waals surface area contributed by atoms with Crippen LogP contribution < -0.4 is 5.32 Å². The molecule has 90 heavy (non-hydrogen) atoms. The van der Waals surface area contributed by atoms with Gasteiger partial charge in [-0.05, 0) is 51.4 Å². The van der Waals surface area contributed by atoms with Gasteiger partial charge in [0.1, 0.15) is 73.2 Å². The van der Waals surface area contributed by atoms with Gasteiger partial charge < -0.3 is 89.9 Å². The zero-order valence-electron chi connectivity index (χ0n) is 55.9. The molecule has 3 saturated heterocycles. The maximum absolute atomic E-state index is 13.3. The number of aliphatic hydroxyl groups excluding tert-OH is 11. The Kier molecular flexibility index (Phi) is 48.6. The number of unbranched alkanes of at least 4 members (excludes halogenated alkanes) is 34. The number of rotatable bonds is 56. The molecule has 0 spiro atoms. The Hall–Kier alpha value is -1.99. The van der Waals surface area contributed by atoms with Gasteiger partial charge in [0.15, 0.2) is 18.9 Å². The van der Waals surface area contributed by atoms with Crippen LogP contribution in [-0.4, -0.2) is 193 Å². The number of hydrogen-bond donors (Lipinski definition) is 12. The van der Waals surface area contributed by atoms with Gasteiger partial charge in [0, 0.05) is 6.42 Å². The van der Waals surface area contributed by atoms with E-state index in [1.54, 1.807) is 0 Å². The summed E-state index contributed by atoms with van der Waals surface area (Å²) in [5, 5.41) is 120. The summed E-state index contributed by atoms with van der Waals surface area (Å²) in [7, 11) is 0. The number of amides is 1. The van der Waals surface area contributed by atoms with E-state index in [9.17, 15) is 61.0 Å². The van der Waals surface area contributed by atoms with Crippen LogP contribution in [0.4, 0.5) is 0 Å². The lowest BCUT2D eigenvalue weighted by atomic mass is 9.96. The van der Waals surface area contributed by atoms with Crippen molar-refractivity contribution in [2.24, 2.45) is 0 Å². The average Bonchev–Trinajstić information content (AvgIpc) is 1.11. The van der Waals surface area contributed by atoms with Crippen LogP contribution in [0.25, 0.3) is 0 Å². The van der Waals surface area contributed by atoms with E-state index in [1.807, 2.05) is 0 Å². The first kappa shape index (κ1) is 82.2. The quantitative estimate of drug-likeness (QED) is 0.0199. The van der Waals surface area contributed by atoms with Crippen LogP contribution >= 0.6 is 0 Å². The van der Waals surface area contributed by atoms with Gasteiger partial charge in [0.25, 0.3) is 0 Å². The van der Waals surface area contributed by atoms with Gasteiger partial charge in [-0.15, -0.1) is 0 Å². The number of nitrogens with one attached hydrogen (secondary N) is 1. The fourth-order valence-electron chi connectivity index (χ4n) is 12.3. The molecule has 3 rings (SSSR count). The summed E-state index contributed by atoms with van der Waals surface area (Å²) >= 11 is 0. The molecule has 19 nitrogen and oxygen atoms in total. The highest BCUT2D eigenvalue weighted by atomic mass is 16.8. The van der Waals surface area contributed by atoms with Crippen molar-refractivity contribution in [2.75, 3.05) is 26.4 Å². The van der Waals surface area contributed by atoms with Crippen LogP contribution in [0, 0.1) is 0 Å². The molecule has 0 aromatic heterocycles. The van der Waals surface area contributed by atoms with Crippen molar-refractivity contribution in [1.82, 2.24) is 5.32 Å². The van der Waals surface area contributed by atoms with E-state index in [-0.39, 0.29) is 18.9 Å². The second-order valence-corrected chi connectivity index (χ2v) is 26.1. The molecule has 0 bridgehead atoms. The first-order chi connectivity index (χ1) is 43.8. The lowest BCUT2D eigenvalue weighted by Crippen LogP contribution is -2.66. The van der Waals surface area contributed by atoms with Gasteiger partial charge in [0.05, 0.1) is 38.6 Å². The molecule has 0 aromatic rings. The molecule has 0 aromatic carbocycles. The van der Waals surface area contributed by atoms with Crippen LogP contribution in [0.3, 0.4) is 0 Å². The predicted octanol–water partition coefficient (Wildman–Crippen LogP) is 10.00. The van der Waals surface area contributed by atoms with E-state index in [0.717, 1.165) is 70.6 Å². The van der Waals surface area contributed by atoms with Crippen molar-refractivity contribution in [3.63, 3.8) is 0 Å². The first-order valence-electron chi connectivity index (χ1n) is 36.2. The number of carbonyl (C=O) groups excluding carboxylic acids is 1. The number of ether oxygens (including phenoxy) is 6. The zero-order chi connectivity index (χ0) is 65.4. The SMILES string of the molecule is CCCCCCC/C=C\C/C=C\C/C=C\CCCCCCCCCCCCCCCCCCCCCCCCCCC(=O)NC(COC1OC(CO)C(OC2OC(CO)C(OC3OC(CO)C(O)C(O)C3O)C(O)C2O)C(O)C1O)C(O)CCCCCCCC. The van der Waals surface area contributed by atoms with E-state index >= 15 is 0 Å². The third kappa shape index (κ3) is 34.6. The minimum atomic E-state index is -1.97. The number of carbonyl (C=O) groups is 1. The summed E-state index contributed by atoms with van der Waals surface area (Å²) in [6.07, 6.45) is 36.2. The standard InChI is InChI=1S/C71H131NO18/c1-3-5-7-9-11-12-13-14-15-16-17-18-19-20-21-22-23-24-25-26-27-28-29-30-31-32-33-34-35-36-37-38-39-40-41-42-43-45-47-49-59(77)72-54(55(76)48-46-44-10-8-6-4-2)53-85-69-65(83)62(80)67(57(51-74)87-69)90-71-66(84)63(81)68(58(52-75)88-71)89-70-64(82)61(79)60(78)56(50-73)86-70/h13-14,16-17,19-20,54-58,60-71,73-76,78-84H,3-12,15,18,21-53H2,1-2H3,(H,72,77)/b14-13-,17-16-,20-19-. The fourth-order valence-corrected chi connectivity index (χ4v) is 12.3. The van der Waals surface area contributed by atoms with Crippen molar-refractivity contribution in [2.45, 2.75) is 381 Å². The molecule has 3 fully saturated rings. The Balaban J connectivity index is 1.22. The summed E-state index contributed by atoms with van der Waals surface area (Å²) in [6, 6.07) is -0.881. The van der Waals surface area contributed by atoms with Gasteiger partial charge in [0.2, 0.25) is 5.91 Å². The number of hydrogen-bond acceptors (Lipinski definition) is 18. The van der Waals surface area contributed by atoms with Crippen LogP contribution in [0.2, 0.25) is 0 Å². The van der Waals surface area contributed by atoms with E-state index in [4.69, 9.17) is 28.4 Å². The molecular formula is C71H131NO18. The second kappa shape index (κ2) is 53.2. The Morgan fingerprint density at radius 3 is 1.14 bits per heavy atom. The molecule has 0 radical (unpaired) electrons. The Morgan fingerprint density at radius 1 is 0.400 bits per heavy atom. The molecule has 19 heteroatoms. The summed E-state index contributed by atoms with van der Waals surface area (Å²) in [6.45, 7) is 1.71. The zero-order valence-corrected chi connectivity index (χ0v) is 55.9. The molecule has 17 atom stereocenters. The minimum absolute atomic E-state index is 0.245.